The normalized spacial score (nSPS) is 10.7. The smallest absolute Gasteiger partial charge is 0.387 e. The fourth-order valence-corrected chi connectivity index (χ4v) is 1.71. The van der Waals surface area contributed by atoms with Crippen molar-refractivity contribution >= 4 is 11.5 Å². The van der Waals surface area contributed by atoms with Gasteiger partial charge in [-0.25, -0.2) is 0 Å². The van der Waals surface area contributed by atoms with Crippen molar-refractivity contribution in [2.45, 2.75) is 26.9 Å². The number of benzene rings is 1. The molecule has 0 heterocycles. The van der Waals surface area contributed by atoms with Crippen LogP contribution in [0.2, 0.25) is 0 Å². The molecule has 0 aliphatic heterocycles. The lowest BCUT2D eigenvalue weighted by Gasteiger charge is -2.13. The topological polar surface area (TPSA) is 38.3 Å². The maximum atomic E-state index is 12.3. The molecule has 1 aromatic carbocycles. The number of ether oxygens (including phenoxy) is 1. The molecule has 0 saturated heterocycles. The van der Waals surface area contributed by atoms with Gasteiger partial charge in [0.25, 0.3) is 0 Å². The highest BCUT2D eigenvalue weighted by atomic mass is 19.3. The standard InChI is InChI=1S/C15H19F2NO2/c1-4-7-18-12-9-11(13(19)8-10(2)3)5-6-14(12)20-15(16)17/h4-6,9-10,15,18H,1,7-8H2,2-3H3. The van der Waals surface area contributed by atoms with E-state index >= 15 is 0 Å². The van der Waals surface area contributed by atoms with Crippen molar-refractivity contribution in [3.63, 3.8) is 0 Å². The number of nitrogens with one attached hydrogen (secondary N) is 1. The highest BCUT2D eigenvalue weighted by Gasteiger charge is 2.14. The van der Waals surface area contributed by atoms with Gasteiger partial charge in [0.2, 0.25) is 0 Å². The molecule has 0 fully saturated rings. The average Bonchev–Trinajstić information content (AvgIpc) is 2.36. The van der Waals surface area contributed by atoms with E-state index in [1.165, 1.54) is 18.2 Å². The zero-order valence-electron chi connectivity index (χ0n) is 11.7. The second kappa shape index (κ2) is 7.62. The van der Waals surface area contributed by atoms with Crippen molar-refractivity contribution in [1.29, 1.82) is 0 Å². The van der Waals surface area contributed by atoms with Gasteiger partial charge in [-0.2, -0.15) is 8.78 Å². The van der Waals surface area contributed by atoms with Gasteiger partial charge in [0.1, 0.15) is 5.75 Å². The molecule has 1 N–H and O–H groups in total. The monoisotopic (exact) mass is 283 g/mol. The first-order valence-corrected chi connectivity index (χ1v) is 6.40. The first-order chi connectivity index (χ1) is 9.43. The summed E-state index contributed by atoms with van der Waals surface area (Å²) >= 11 is 0. The van der Waals surface area contributed by atoms with Gasteiger partial charge in [0, 0.05) is 18.5 Å². The molecule has 3 nitrogen and oxygen atoms in total. The number of Topliss-reactive ketones (excluding diaryl/α,β-unsaturated/α-hetero) is 1. The number of hydrogen-bond acceptors (Lipinski definition) is 3. The SMILES string of the molecule is C=CCNc1cc(C(=O)CC(C)C)ccc1OC(F)F. The Morgan fingerprint density at radius 2 is 2.15 bits per heavy atom. The number of halogens is 2. The van der Waals surface area contributed by atoms with E-state index in [4.69, 9.17) is 0 Å². The van der Waals surface area contributed by atoms with Crippen LogP contribution in [0.15, 0.2) is 30.9 Å². The van der Waals surface area contributed by atoms with Crippen molar-refractivity contribution in [2.24, 2.45) is 5.92 Å². The first-order valence-electron chi connectivity index (χ1n) is 6.40. The van der Waals surface area contributed by atoms with Gasteiger partial charge in [-0.3, -0.25) is 4.79 Å². The molecule has 0 radical (unpaired) electrons. The summed E-state index contributed by atoms with van der Waals surface area (Å²) in [6, 6.07) is 4.42. The lowest BCUT2D eigenvalue weighted by molar-refractivity contribution is -0.0493. The minimum atomic E-state index is -2.91. The van der Waals surface area contributed by atoms with E-state index in [9.17, 15) is 13.6 Å². The fourth-order valence-electron chi connectivity index (χ4n) is 1.71. The first kappa shape index (κ1) is 16.1. The Labute approximate surface area is 117 Å². The number of carbonyl (C=O) groups excluding carboxylic acids is 1. The molecule has 1 aromatic rings. The Morgan fingerprint density at radius 1 is 1.45 bits per heavy atom. The van der Waals surface area contributed by atoms with Crippen LogP contribution in [0.1, 0.15) is 30.6 Å². The summed E-state index contributed by atoms with van der Waals surface area (Å²) in [6.07, 6.45) is 2.00. The molecule has 0 spiro atoms. The summed E-state index contributed by atoms with van der Waals surface area (Å²) in [7, 11) is 0. The third-order valence-corrected chi connectivity index (χ3v) is 2.55. The van der Waals surface area contributed by atoms with Crippen LogP contribution >= 0.6 is 0 Å². The van der Waals surface area contributed by atoms with Crippen LogP contribution in [0.4, 0.5) is 14.5 Å². The van der Waals surface area contributed by atoms with Crippen LogP contribution in [0.5, 0.6) is 5.75 Å². The molecule has 0 bridgehead atoms. The fraction of sp³-hybridized carbons (Fsp3) is 0.400. The van der Waals surface area contributed by atoms with Crippen LogP contribution < -0.4 is 10.1 Å². The summed E-state index contributed by atoms with van der Waals surface area (Å²) in [4.78, 5) is 12.0. The predicted octanol–water partition coefficient (Wildman–Crippen LogP) is 4.11. The van der Waals surface area contributed by atoms with E-state index in [0.29, 0.717) is 24.2 Å². The van der Waals surface area contributed by atoms with Gasteiger partial charge < -0.3 is 10.1 Å². The minimum absolute atomic E-state index is 0.0166. The molecule has 5 heteroatoms. The quantitative estimate of drug-likeness (QED) is 0.576. The Hall–Kier alpha value is -1.91. The molecule has 0 unspecified atom stereocenters. The Bertz CT molecular complexity index is 473. The molecule has 20 heavy (non-hydrogen) atoms. The zero-order chi connectivity index (χ0) is 15.1. The average molecular weight is 283 g/mol. The van der Waals surface area contributed by atoms with Crippen molar-refractivity contribution in [3.8, 4) is 5.75 Å². The Morgan fingerprint density at radius 3 is 2.70 bits per heavy atom. The second-order valence-electron chi connectivity index (χ2n) is 4.78. The summed E-state index contributed by atoms with van der Waals surface area (Å²) < 4.78 is 29.1. The van der Waals surface area contributed by atoms with Gasteiger partial charge in [-0.1, -0.05) is 19.9 Å². The van der Waals surface area contributed by atoms with Crippen LogP contribution in [-0.2, 0) is 0 Å². The largest absolute Gasteiger partial charge is 0.433 e. The van der Waals surface area contributed by atoms with Crippen LogP contribution in [0.25, 0.3) is 0 Å². The predicted molar refractivity (Wildman–Crippen MR) is 75.5 cm³/mol. The van der Waals surface area contributed by atoms with E-state index in [0.717, 1.165) is 0 Å². The maximum Gasteiger partial charge on any atom is 0.387 e. The minimum Gasteiger partial charge on any atom is -0.433 e. The number of hydrogen-bond donors (Lipinski definition) is 1. The van der Waals surface area contributed by atoms with E-state index in [2.05, 4.69) is 16.6 Å². The maximum absolute atomic E-state index is 12.3. The van der Waals surface area contributed by atoms with E-state index in [-0.39, 0.29) is 17.5 Å². The van der Waals surface area contributed by atoms with E-state index < -0.39 is 6.61 Å². The molecular weight excluding hydrogens is 264 g/mol. The molecular formula is C15H19F2NO2. The summed E-state index contributed by atoms with van der Waals surface area (Å²) in [5, 5.41) is 2.89. The van der Waals surface area contributed by atoms with Crippen LogP contribution in [0, 0.1) is 5.92 Å². The summed E-state index contributed by atoms with van der Waals surface area (Å²) in [5.41, 5.74) is 0.840. The van der Waals surface area contributed by atoms with Crippen molar-refractivity contribution in [1.82, 2.24) is 0 Å². The van der Waals surface area contributed by atoms with Gasteiger partial charge >= 0.3 is 6.61 Å². The molecule has 0 atom stereocenters. The molecule has 0 aliphatic carbocycles. The van der Waals surface area contributed by atoms with Crippen molar-refractivity contribution in [2.75, 3.05) is 11.9 Å². The Kier molecular flexibility index (Phi) is 6.15. The zero-order valence-corrected chi connectivity index (χ0v) is 11.7. The number of ketones is 1. The van der Waals surface area contributed by atoms with Gasteiger partial charge in [-0.05, 0) is 24.1 Å². The van der Waals surface area contributed by atoms with E-state index in [1.807, 2.05) is 13.8 Å². The highest BCUT2D eigenvalue weighted by molar-refractivity contribution is 5.97. The van der Waals surface area contributed by atoms with E-state index in [1.54, 1.807) is 6.08 Å². The molecule has 0 aromatic heterocycles. The number of carbonyl (C=O) groups is 1. The van der Waals surface area contributed by atoms with Crippen LogP contribution in [-0.4, -0.2) is 18.9 Å². The lowest BCUT2D eigenvalue weighted by atomic mass is 10.0. The third-order valence-electron chi connectivity index (χ3n) is 2.55. The lowest BCUT2D eigenvalue weighted by Crippen LogP contribution is -2.09. The number of anilines is 1. The summed E-state index contributed by atoms with van der Waals surface area (Å²) in [5.74, 6) is 0.234. The third kappa shape index (κ3) is 4.99. The van der Waals surface area contributed by atoms with Gasteiger partial charge in [-0.15, -0.1) is 6.58 Å². The van der Waals surface area contributed by atoms with Gasteiger partial charge in [0.05, 0.1) is 5.69 Å². The van der Waals surface area contributed by atoms with Crippen LogP contribution in [0.3, 0.4) is 0 Å². The molecule has 110 valence electrons. The second-order valence-corrected chi connectivity index (χ2v) is 4.78. The van der Waals surface area contributed by atoms with Crippen molar-refractivity contribution in [3.05, 3.63) is 36.4 Å². The molecule has 0 saturated carbocycles. The molecule has 1 rings (SSSR count). The van der Waals surface area contributed by atoms with Gasteiger partial charge in [0.15, 0.2) is 5.78 Å². The number of alkyl halides is 2. The number of rotatable bonds is 8. The summed E-state index contributed by atoms with van der Waals surface area (Å²) in [6.45, 7) is 4.92. The molecule has 0 aliphatic rings. The Balaban J connectivity index is 2.99. The van der Waals surface area contributed by atoms with Crippen molar-refractivity contribution < 1.29 is 18.3 Å². The highest BCUT2D eigenvalue weighted by Crippen LogP contribution is 2.28. The molecule has 0 amide bonds.